The van der Waals surface area contributed by atoms with Crippen molar-refractivity contribution in [3.05, 3.63) is 29.8 Å². The van der Waals surface area contributed by atoms with Gasteiger partial charge in [0.1, 0.15) is 29.0 Å². The van der Waals surface area contributed by atoms with Crippen molar-refractivity contribution in [3.8, 4) is 5.75 Å². The fourth-order valence-electron chi connectivity index (χ4n) is 2.63. The van der Waals surface area contributed by atoms with Gasteiger partial charge in [-0.3, -0.25) is 10.1 Å². The third-order valence-electron chi connectivity index (χ3n) is 4.15. The van der Waals surface area contributed by atoms with E-state index in [1.165, 1.54) is 18.9 Å². The second-order valence-electron chi connectivity index (χ2n) is 9.57. The molecule has 34 heavy (non-hydrogen) atoms. The van der Waals surface area contributed by atoms with Gasteiger partial charge in [0.15, 0.2) is 0 Å². The fraction of sp³-hybridized carbons (Fsp3) is 0.625. The number of esters is 2. The molecule has 1 rings (SSSR count). The highest BCUT2D eigenvalue weighted by Gasteiger charge is 2.29. The number of benzene rings is 1. The maximum atomic E-state index is 12.7. The number of hydrogen-bond donors (Lipinski definition) is 2. The standard InChI is InChI=1S/C24H38N2O7S/c1-23(2,3)32-21(28)19(26-22(29)33-24(4,5)6)15-34-14-18(20(27)31-8)25-13-16-9-11-17(30-7)12-10-16/h9-12,18-19,25H,13-15H2,1-8H3,(H,26,29)/t18-,19+/m1/s1. The van der Waals surface area contributed by atoms with Crippen LogP contribution in [0.15, 0.2) is 24.3 Å². The van der Waals surface area contributed by atoms with Crippen LogP contribution < -0.4 is 15.4 Å². The molecule has 0 radical (unpaired) electrons. The lowest BCUT2D eigenvalue weighted by Gasteiger charge is -2.26. The Morgan fingerprint density at radius 3 is 1.91 bits per heavy atom. The van der Waals surface area contributed by atoms with Gasteiger partial charge in [0.25, 0.3) is 0 Å². The summed E-state index contributed by atoms with van der Waals surface area (Å²) >= 11 is 1.31. The summed E-state index contributed by atoms with van der Waals surface area (Å²) in [6.07, 6.45) is -0.717. The minimum atomic E-state index is -0.945. The van der Waals surface area contributed by atoms with E-state index in [9.17, 15) is 14.4 Å². The molecule has 10 heteroatoms. The van der Waals surface area contributed by atoms with Crippen LogP contribution in [0.5, 0.6) is 5.75 Å². The Labute approximate surface area is 206 Å². The predicted octanol–water partition coefficient (Wildman–Crippen LogP) is 3.29. The molecule has 9 nitrogen and oxygen atoms in total. The number of nitrogens with one attached hydrogen (secondary N) is 2. The lowest BCUT2D eigenvalue weighted by molar-refractivity contribution is -0.156. The average Bonchev–Trinajstić information content (AvgIpc) is 2.72. The maximum absolute atomic E-state index is 12.7. The number of carbonyl (C=O) groups is 3. The number of alkyl carbamates (subject to hydrolysis) is 1. The van der Waals surface area contributed by atoms with Gasteiger partial charge >= 0.3 is 18.0 Å². The lowest BCUT2D eigenvalue weighted by atomic mass is 10.2. The van der Waals surface area contributed by atoms with Gasteiger partial charge < -0.3 is 24.3 Å². The summed E-state index contributed by atoms with van der Waals surface area (Å²) in [5.41, 5.74) is -0.459. The van der Waals surface area contributed by atoms with Crippen molar-refractivity contribution in [1.29, 1.82) is 0 Å². The van der Waals surface area contributed by atoms with Crippen LogP contribution in [-0.2, 0) is 30.3 Å². The SMILES string of the molecule is COC(=O)[C@@H](CSC[C@H](NC(=O)OC(C)(C)C)C(=O)OC(C)(C)C)NCc1ccc(OC)cc1. The van der Waals surface area contributed by atoms with Gasteiger partial charge in [-0.05, 0) is 59.2 Å². The van der Waals surface area contributed by atoms with E-state index in [4.69, 9.17) is 18.9 Å². The number of thioether (sulfide) groups is 1. The summed E-state index contributed by atoms with van der Waals surface area (Å²) in [5.74, 6) is 0.250. The third kappa shape index (κ3) is 12.1. The first-order chi connectivity index (χ1) is 15.7. The van der Waals surface area contributed by atoms with Gasteiger partial charge in [-0.25, -0.2) is 9.59 Å². The topological polar surface area (TPSA) is 112 Å². The Morgan fingerprint density at radius 2 is 1.41 bits per heavy atom. The number of methoxy groups -OCH3 is 2. The molecule has 192 valence electrons. The van der Waals surface area contributed by atoms with Crippen LogP contribution in [0.3, 0.4) is 0 Å². The summed E-state index contributed by atoms with van der Waals surface area (Å²) < 4.78 is 20.8. The molecule has 0 spiro atoms. The zero-order valence-electron chi connectivity index (χ0n) is 21.4. The highest BCUT2D eigenvalue weighted by molar-refractivity contribution is 7.99. The molecule has 1 aromatic rings. The lowest BCUT2D eigenvalue weighted by Crippen LogP contribution is -2.48. The Balaban J connectivity index is 2.77. The first-order valence-electron chi connectivity index (χ1n) is 11.0. The Morgan fingerprint density at radius 1 is 0.853 bits per heavy atom. The van der Waals surface area contributed by atoms with Gasteiger partial charge in [-0.2, -0.15) is 11.8 Å². The van der Waals surface area contributed by atoms with Crippen LogP contribution in [0.1, 0.15) is 47.1 Å². The molecular formula is C24H38N2O7S. The molecule has 0 unspecified atom stereocenters. The Kier molecular flexibility index (Phi) is 11.7. The van der Waals surface area contributed by atoms with Gasteiger partial charge in [0, 0.05) is 18.1 Å². The average molecular weight is 499 g/mol. The number of carbonyl (C=O) groups excluding carboxylic acids is 3. The summed E-state index contributed by atoms with van der Waals surface area (Å²) in [4.78, 5) is 37.2. The normalized spacial score (nSPS) is 13.4. The van der Waals surface area contributed by atoms with Crippen LogP contribution in [-0.4, -0.2) is 67.0 Å². The molecule has 1 amide bonds. The van der Waals surface area contributed by atoms with Gasteiger partial charge in [-0.1, -0.05) is 12.1 Å². The Hall–Kier alpha value is -2.46. The summed E-state index contributed by atoms with van der Waals surface area (Å²) in [6.45, 7) is 10.9. The third-order valence-corrected chi connectivity index (χ3v) is 5.29. The molecule has 0 heterocycles. The zero-order valence-corrected chi connectivity index (χ0v) is 22.2. The van der Waals surface area contributed by atoms with E-state index < -0.39 is 41.3 Å². The number of rotatable bonds is 11. The highest BCUT2D eigenvalue weighted by Crippen LogP contribution is 2.15. The number of amides is 1. The molecular weight excluding hydrogens is 460 g/mol. The zero-order chi connectivity index (χ0) is 25.9. The summed E-state index contributed by atoms with van der Waals surface area (Å²) in [7, 11) is 2.92. The maximum Gasteiger partial charge on any atom is 0.408 e. The van der Waals surface area contributed by atoms with E-state index in [0.29, 0.717) is 12.3 Å². The van der Waals surface area contributed by atoms with E-state index in [1.54, 1.807) is 48.7 Å². The van der Waals surface area contributed by atoms with Gasteiger partial charge in [0.05, 0.1) is 14.2 Å². The summed E-state index contributed by atoms with van der Waals surface area (Å²) in [6, 6.07) is 5.92. The van der Waals surface area contributed by atoms with Crippen LogP contribution >= 0.6 is 11.8 Å². The van der Waals surface area contributed by atoms with Gasteiger partial charge in [-0.15, -0.1) is 0 Å². The first-order valence-corrected chi connectivity index (χ1v) is 12.1. The predicted molar refractivity (Wildman–Crippen MR) is 132 cm³/mol. The first kappa shape index (κ1) is 29.6. The largest absolute Gasteiger partial charge is 0.497 e. The van der Waals surface area contributed by atoms with Crippen molar-refractivity contribution in [2.24, 2.45) is 0 Å². The van der Waals surface area contributed by atoms with E-state index in [0.717, 1.165) is 11.3 Å². The van der Waals surface area contributed by atoms with Gasteiger partial charge in [0.2, 0.25) is 0 Å². The molecule has 0 aliphatic carbocycles. The van der Waals surface area contributed by atoms with Crippen LogP contribution in [0.25, 0.3) is 0 Å². The molecule has 1 aromatic carbocycles. The number of ether oxygens (including phenoxy) is 4. The van der Waals surface area contributed by atoms with E-state index >= 15 is 0 Å². The molecule has 0 saturated heterocycles. The molecule has 0 fully saturated rings. The van der Waals surface area contributed by atoms with E-state index in [1.807, 2.05) is 24.3 Å². The fourth-order valence-corrected chi connectivity index (χ4v) is 3.71. The second kappa shape index (κ2) is 13.4. The second-order valence-corrected chi connectivity index (χ2v) is 10.6. The van der Waals surface area contributed by atoms with Crippen LogP contribution in [0.2, 0.25) is 0 Å². The van der Waals surface area contributed by atoms with Crippen molar-refractivity contribution >= 4 is 29.8 Å². The number of hydrogen-bond acceptors (Lipinski definition) is 9. The van der Waals surface area contributed by atoms with Crippen molar-refractivity contribution in [2.75, 3.05) is 25.7 Å². The van der Waals surface area contributed by atoms with Crippen LogP contribution in [0, 0.1) is 0 Å². The minimum Gasteiger partial charge on any atom is -0.497 e. The quantitative estimate of drug-likeness (QED) is 0.350. The Bertz CT molecular complexity index is 801. The molecule has 0 aromatic heterocycles. The minimum absolute atomic E-state index is 0.186. The van der Waals surface area contributed by atoms with E-state index in [2.05, 4.69) is 10.6 Å². The molecule has 0 aliphatic heterocycles. The molecule has 0 saturated carbocycles. The van der Waals surface area contributed by atoms with Crippen molar-refractivity contribution in [2.45, 2.75) is 71.4 Å². The van der Waals surface area contributed by atoms with Crippen molar-refractivity contribution < 1.29 is 33.3 Å². The highest BCUT2D eigenvalue weighted by atomic mass is 32.2. The smallest absolute Gasteiger partial charge is 0.408 e. The summed E-state index contributed by atoms with van der Waals surface area (Å²) in [5, 5.41) is 5.75. The molecule has 2 atom stereocenters. The molecule has 2 N–H and O–H groups in total. The van der Waals surface area contributed by atoms with Crippen molar-refractivity contribution in [3.63, 3.8) is 0 Å². The molecule has 0 bridgehead atoms. The molecule has 0 aliphatic rings. The van der Waals surface area contributed by atoms with Crippen LogP contribution in [0.4, 0.5) is 4.79 Å². The van der Waals surface area contributed by atoms with Crippen molar-refractivity contribution in [1.82, 2.24) is 10.6 Å². The monoisotopic (exact) mass is 498 g/mol. The van der Waals surface area contributed by atoms with E-state index in [-0.39, 0.29) is 5.75 Å².